The molecule has 3 aromatic heterocycles. The summed E-state index contributed by atoms with van der Waals surface area (Å²) in [5, 5.41) is 10.5. The molecule has 7 heteroatoms. The van der Waals surface area contributed by atoms with Gasteiger partial charge in [0.25, 0.3) is 5.91 Å². The number of pyridine rings is 1. The van der Waals surface area contributed by atoms with Crippen LogP contribution in [0, 0.1) is 0 Å². The van der Waals surface area contributed by atoms with Crippen LogP contribution in [0.2, 0.25) is 0 Å². The molecule has 0 aliphatic carbocycles. The number of likely N-dealkylation sites (tertiary alicyclic amines) is 1. The molecule has 0 aromatic carbocycles. The zero-order chi connectivity index (χ0) is 20.4. The van der Waals surface area contributed by atoms with Crippen molar-refractivity contribution >= 4 is 28.3 Å². The van der Waals surface area contributed by atoms with Crippen LogP contribution in [0.4, 0.5) is 0 Å². The Morgan fingerprint density at radius 1 is 1.38 bits per heavy atom. The highest BCUT2D eigenvalue weighted by molar-refractivity contribution is 7.13. The number of thiophene rings is 1. The van der Waals surface area contributed by atoms with E-state index >= 15 is 0 Å². The number of piperidine rings is 1. The van der Waals surface area contributed by atoms with Crippen LogP contribution < -0.4 is 5.32 Å². The van der Waals surface area contributed by atoms with Crippen LogP contribution in [-0.4, -0.2) is 51.2 Å². The van der Waals surface area contributed by atoms with E-state index in [-0.39, 0.29) is 11.9 Å². The molecule has 154 valence electrons. The van der Waals surface area contributed by atoms with Gasteiger partial charge in [0.05, 0.1) is 27.7 Å². The van der Waals surface area contributed by atoms with Crippen molar-refractivity contribution in [3.63, 3.8) is 0 Å². The van der Waals surface area contributed by atoms with Gasteiger partial charge < -0.3 is 5.32 Å². The van der Waals surface area contributed by atoms with Crippen LogP contribution in [-0.2, 0) is 0 Å². The summed E-state index contributed by atoms with van der Waals surface area (Å²) in [6, 6.07) is 6.72. The minimum atomic E-state index is -0.0526. The van der Waals surface area contributed by atoms with Gasteiger partial charge in [-0.05, 0) is 57.7 Å². The maximum absolute atomic E-state index is 13.1. The molecule has 3 aromatic rings. The van der Waals surface area contributed by atoms with Crippen molar-refractivity contribution in [2.24, 2.45) is 0 Å². The summed E-state index contributed by atoms with van der Waals surface area (Å²) >= 11 is 1.63. The van der Waals surface area contributed by atoms with Gasteiger partial charge in [0, 0.05) is 25.2 Å². The SMILES string of the molecule is CC1CCCCN1CCNC(=O)c1cc(-c2cccs2)nc2c1cnn2C(C)C. The second-order valence-electron chi connectivity index (χ2n) is 8.09. The van der Waals surface area contributed by atoms with Crippen LogP contribution in [0.25, 0.3) is 21.6 Å². The van der Waals surface area contributed by atoms with Crippen LogP contribution in [0.5, 0.6) is 0 Å². The van der Waals surface area contributed by atoms with Gasteiger partial charge in [-0.1, -0.05) is 12.5 Å². The first-order chi connectivity index (χ1) is 14.0. The zero-order valence-corrected chi connectivity index (χ0v) is 18.2. The minimum absolute atomic E-state index is 0.0526. The molecule has 0 radical (unpaired) electrons. The van der Waals surface area contributed by atoms with Crippen molar-refractivity contribution in [1.29, 1.82) is 0 Å². The van der Waals surface area contributed by atoms with E-state index in [1.807, 2.05) is 28.3 Å². The average Bonchev–Trinajstić information content (AvgIpc) is 3.38. The van der Waals surface area contributed by atoms with Crippen LogP contribution in [0.15, 0.2) is 29.8 Å². The Bertz CT molecular complexity index is 979. The lowest BCUT2D eigenvalue weighted by molar-refractivity contribution is 0.0940. The van der Waals surface area contributed by atoms with Crippen molar-refractivity contribution in [2.45, 2.75) is 52.1 Å². The summed E-state index contributed by atoms with van der Waals surface area (Å²) < 4.78 is 1.89. The van der Waals surface area contributed by atoms with Crippen molar-refractivity contribution in [2.75, 3.05) is 19.6 Å². The number of nitrogens with zero attached hydrogens (tertiary/aromatic N) is 4. The van der Waals surface area contributed by atoms with E-state index in [1.165, 1.54) is 19.3 Å². The number of amides is 1. The van der Waals surface area contributed by atoms with E-state index in [0.717, 1.165) is 34.7 Å². The van der Waals surface area contributed by atoms with E-state index in [1.54, 1.807) is 17.5 Å². The van der Waals surface area contributed by atoms with E-state index in [4.69, 9.17) is 4.98 Å². The molecule has 1 amide bonds. The molecule has 29 heavy (non-hydrogen) atoms. The smallest absolute Gasteiger partial charge is 0.252 e. The molecule has 1 aliphatic rings. The molecule has 1 atom stereocenters. The van der Waals surface area contributed by atoms with Gasteiger partial charge in [-0.15, -0.1) is 11.3 Å². The van der Waals surface area contributed by atoms with E-state index in [0.29, 0.717) is 18.2 Å². The number of hydrogen-bond acceptors (Lipinski definition) is 5. The molecule has 6 nitrogen and oxygen atoms in total. The highest BCUT2D eigenvalue weighted by atomic mass is 32.1. The third-order valence-electron chi connectivity index (χ3n) is 5.70. The maximum atomic E-state index is 13.1. The first-order valence-electron chi connectivity index (χ1n) is 10.5. The van der Waals surface area contributed by atoms with Gasteiger partial charge in [0.1, 0.15) is 0 Å². The second kappa shape index (κ2) is 8.63. The Labute approximate surface area is 175 Å². The van der Waals surface area contributed by atoms with Crippen LogP contribution >= 0.6 is 11.3 Å². The monoisotopic (exact) mass is 411 g/mol. The highest BCUT2D eigenvalue weighted by Crippen LogP contribution is 2.28. The fourth-order valence-electron chi connectivity index (χ4n) is 4.03. The Hall–Kier alpha value is -2.25. The fraction of sp³-hybridized carbons (Fsp3) is 0.500. The largest absolute Gasteiger partial charge is 0.351 e. The standard InChI is InChI=1S/C22H29N5OS/c1-15(2)27-21-18(14-24-27)17(13-19(25-21)20-8-6-12-29-20)22(28)23-9-11-26-10-5-4-7-16(26)3/h6,8,12-16H,4-5,7,9-11H2,1-3H3,(H,23,28). The summed E-state index contributed by atoms with van der Waals surface area (Å²) in [7, 11) is 0. The number of fused-ring (bicyclic) bond motifs is 1. The third kappa shape index (κ3) is 4.21. The number of nitrogens with one attached hydrogen (secondary N) is 1. The number of carbonyl (C=O) groups excluding carboxylic acids is 1. The van der Waals surface area contributed by atoms with Crippen LogP contribution in [0.3, 0.4) is 0 Å². The van der Waals surface area contributed by atoms with Crippen LogP contribution in [0.1, 0.15) is 56.4 Å². The van der Waals surface area contributed by atoms with Gasteiger partial charge in [-0.3, -0.25) is 9.69 Å². The summed E-state index contributed by atoms with van der Waals surface area (Å²) in [5.74, 6) is -0.0526. The molecule has 1 fully saturated rings. The van der Waals surface area contributed by atoms with E-state index in [2.05, 4.69) is 36.1 Å². The molecule has 0 spiro atoms. The summed E-state index contributed by atoms with van der Waals surface area (Å²) in [5.41, 5.74) is 2.24. The normalized spacial score (nSPS) is 17.9. The number of carbonyl (C=O) groups is 1. The molecule has 1 aliphatic heterocycles. The first kappa shape index (κ1) is 20.0. The minimum Gasteiger partial charge on any atom is -0.351 e. The molecular formula is C22H29N5OS. The predicted molar refractivity (Wildman–Crippen MR) is 118 cm³/mol. The van der Waals surface area contributed by atoms with Gasteiger partial charge in [-0.25, -0.2) is 9.67 Å². The number of rotatable bonds is 6. The summed E-state index contributed by atoms with van der Waals surface area (Å²) in [6.45, 7) is 9.10. The molecule has 1 saturated heterocycles. The van der Waals surface area contributed by atoms with E-state index in [9.17, 15) is 4.79 Å². The summed E-state index contributed by atoms with van der Waals surface area (Å²) in [4.78, 5) is 21.4. The molecule has 0 bridgehead atoms. The van der Waals surface area contributed by atoms with E-state index < -0.39 is 0 Å². The third-order valence-corrected chi connectivity index (χ3v) is 6.59. The van der Waals surface area contributed by atoms with Gasteiger partial charge in [0.2, 0.25) is 0 Å². The lowest BCUT2D eigenvalue weighted by atomic mass is 10.0. The van der Waals surface area contributed by atoms with Gasteiger partial charge >= 0.3 is 0 Å². The number of hydrogen-bond donors (Lipinski definition) is 1. The lowest BCUT2D eigenvalue weighted by Crippen LogP contribution is -2.42. The fourth-order valence-corrected chi connectivity index (χ4v) is 4.72. The number of aromatic nitrogens is 3. The topological polar surface area (TPSA) is 63.1 Å². The Kier molecular flexibility index (Phi) is 5.96. The zero-order valence-electron chi connectivity index (χ0n) is 17.4. The second-order valence-corrected chi connectivity index (χ2v) is 9.04. The molecule has 1 unspecified atom stereocenters. The summed E-state index contributed by atoms with van der Waals surface area (Å²) in [6.07, 6.45) is 5.58. The molecule has 4 heterocycles. The molecular weight excluding hydrogens is 382 g/mol. The quantitative estimate of drug-likeness (QED) is 0.655. The van der Waals surface area contributed by atoms with Gasteiger partial charge in [-0.2, -0.15) is 5.10 Å². The van der Waals surface area contributed by atoms with Gasteiger partial charge in [0.15, 0.2) is 5.65 Å². The highest BCUT2D eigenvalue weighted by Gasteiger charge is 2.20. The molecule has 1 N–H and O–H groups in total. The molecule has 0 saturated carbocycles. The van der Waals surface area contributed by atoms with Crippen molar-refractivity contribution < 1.29 is 4.79 Å². The Morgan fingerprint density at radius 2 is 2.24 bits per heavy atom. The van der Waals surface area contributed by atoms with Crippen molar-refractivity contribution in [3.8, 4) is 10.6 Å². The lowest BCUT2D eigenvalue weighted by Gasteiger charge is -2.33. The first-order valence-corrected chi connectivity index (χ1v) is 11.4. The Morgan fingerprint density at radius 3 is 2.97 bits per heavy atom. The Balaban J connectivity index is 1.59. The molecule has 4 rings (SSSR count). The maximum Gasteiger partial charge on any atom is 0.252 e. The predicted octanol–water partition coefficient (Wildman–Crippen LogP) is 4.34. The van der Waals surface area contributed by atoms with Crippen molar-refractivity contribution in [1.82, 2.24) is 25.0 Å². The average molecular weight is 412 g/mol. The van der Waals surface area contributed by atoms with Crippen molar-refractivity contribution in [3.05, 3.63) is 35.3 Å².